The van der Waals surface area contributed by atoms with E-state index in [0.717, 1.165) is 12.8 Å². The first kappa shape index (κ1) is 21.2. The fourth-order valence-corrected chi connectivity index (χ4v) is 5.50. The van der Waals surface area contributed by atoms with Gasteiger partial charge in [0.15, 0.2) is 0 Å². The van der Waals surface area contributed by atoms with Crippen molar-refractivity contribution in [3.8, 4) is 0 Å². The van der Waals surface area contributed by atoms with Crippen LogP contribution in [0.1, 0.15) is 31.2 Å². The lowest BCUT2D eigenvalue weighted by molar-refractivity contribution is 0.0668. The number of ether oxygens (including phenoxy) is 1. The molecule has 0 spiro atoms. The lowest BCUT2D eigenvalue weighted by Gasteiger charge is -2.31. The fraction of sp³-hybridized carbons (Fsp3) is 0.409. The number of hydrogen-bond donors (Lipinski definition) is 1. The predicted octanol–water partition coefficient (Wildman–Crippen LogP) is 3.95. The molecule has 0 aromatic heterocycles. The molecule has 2 aromatic carbocycles. The van der Waals surface area contributed by atoms with Crippen molar-refractivity contribution in [1.82, 2.24) is 9.62 Å². The second-order valence-corrected chi connectivity index (χ2v) is 10.3. The Morgan fingerprint density at radius 1 is 1.07 bits per heavy atom. The molecular formula is C22H25ClN2O4S. The van der Waals surface area contributed by atoms with E-state index in [-0.39, 0.29) is 11.5 Å². The minimum absolute atomic E-state index is 0.0310. The van der Waals surface area contributed by atoms with E-state index in [1.54, 1.807) is 30.3 Å². The highest BCUT2D eigenvalue weighted by atomic mass is 35.5. The van der Waals surface area contributed by atoms with E-state index < -0.39 is 16.1 Å². The summed E-state index contributed by atoms with van der Waals surface area (Å²) in [6.45, 7) is 1.20. The monoisotopic (exact) mass is 448 g/mol. The van der Waals surface area contributed by atoms with Crippen LogP contribution in [0.2, 0.25) is 5.02 Å². The SMILES string of the molecule is O=C(NCC1(c2ccc(Cl)cc2)CC1)OC1CCN(S(=O)(=O)c2ccccc2)CC1. The minimum Gasteiger partial charge on any atom is -0.446 e. The van der Waals surface area contributed by atoms with Gasteiger partial charge in [-0.05, 0) is 55.5 Å². The van der Waals surface area contributed by atoms with Gasteiger partial charge >= 0.3 is 6.09 Å². The Labute approximate surface area is 182 Å². The molecule has 8 heteroatoms. The van der Waals surface area contributed by atoms with E-state index in [9.17, 15) is 13.2 Å². The van der Waals surface area contributed by atoms with Gasteiger partial charge < -0.3 is 10.1 Å². The van der Waals surface area contributed by atoms with Gasteiger partial charge in [-0.15, -0.1) is 0 Å². The summed E-state index contributed by atoms with van der Waals surface area (Å²) >= 11 is 5.96. The van der Waals surface area contributed by atoms with Crippen LogP contribution in [0.5, 0.6) is 0 Å². The van der Waals surface area contributed by atoms with E-state index in [1.807, 2.05) is 24.3 Å². The third-order valence-corrected chi connectivity index (χ3v) is 8.10. The van der Waals surface area contributed by atoms with E-state index in [1.165, 1.54) is 9.87 Å². The first-order chi connectivity index (χ1) is 14.4. The van der Waals surface area contributed by atoms with Gasteiger partial charge in [-0.25, -0.2) is 13.2 Å². The number of carbonyl (C=O) groups excluding carboxylic acids is 1. The Balaban J connectivity index is 1.25. The minimum atomic E-state index is -3.50. The van der Waals surface area contributed by atoms with Crippen molar-refractivity contribution in [1.29, 1.82) is 0 Å². The van der Waals surface area contributed by atoms with Gasteiger partial charge in [0, 0.05) is 30.1 Å². The van der Waals surface area contributed by atoms with Gasteiger partial charge in [-0.2, -0.15) is 4.31 Å². The summed E-state index contributed by atoms with van der Waals surface area (Å²) in [4.78, 5) is 12.6. The largest absolute Gasteiger partial charge is 0.446 e. The van der Waals surface area contributed by atoms with Crippen LogP contribution in [-0.4, -0.2) is 44.6 Å². The zero-order chi connectivity index (χ0) is 21.2. The van der Waals surface area contributed by atoms with Crippen LogP contribution in [0.3, 0.4) is 0 Å². The van der Waals surface area contributed by atoms with Crippen LogP contribution in [0.15, 0.2) is 59.5 Å². The average molecular weight is 449 g/mol. The van der Waals surface area contributed by atoms with Gasteiger partial charge in [0.05, 0.1) is 4.90 Å². The van der Waals surface area contributed by atoms with Crippen molar-refractivity contribution >= 4 is 27.7 Å². The molecule has 0 bridgehead atoms. The van der Waals surface area contributed by atoms with Crippen molar-refractivity contribution in [3.05, 3.63) is 65.2 Å². The molecule has 4 rings (SSSR count). The number of halogens is 1. The Morgan fingerprint density at radius 3 is 2.30 bits per heavy atom. The van der Waals surface area contributed by atoms with E-state index in [0.29, 0.717) is 42.4 Å². The molecule has 1 heterocycles. The molecule has 2 aliphatic rings. The summed E-state index contributed by atoms with van der Waals surface area (Å²) < 4.78 is 32.4. The molecule has 0 radical (unpaired) electrons. The number of nitrogens with zero attached hydrogens (tertiary/aromatic N) is 1. The average Bonchev–Trinajstić information content (AvgIpc) is 3.55. The highest BCUT2D eigenvalue weighted by Gasteiger charge is 2.44. The number of sulfonamides is 1. The molecule has 2 aromatic rings. The standard InChI is InChI=1S/C22H25ClN2O4S/c23-18-8-6-17(7-9-18)22(12-13-22)16-24-21(26)29-19-10-14-25(15-11-19)30(27,28)20-4-2-1-3-5-20/h1-9,19H,10-16H2,(H,24,26). The highest BCUT2D eigenvalue weighted by Crippen LogP contribution is 2.47. The molecule has 0 unspecified atom stereocenters. The van der Waals surface area contributed by atoms with Crippen LogP contribution < -0.4 is 5.32 Å². The molecular weight excluding hydrogens is 424 g/mol. The van der Waals surface area contributed by atoms with Crippen molar-refractivity contribution in [2.45, 2.75) is 42.1 Å². The molecule has 2 fully saturated rings. The van der Waals surface area contributed by atoms with Crippen molar-refractivity contribution in [2.75, 3.05) is 19.6 Å². The molecule has 1 amide bonds. The van der Waals surface area contributed by atoms with Crippen LogP contribution in [0.25, 0.3) is 0 Å². The maximum Gasteiger partial charge on any atom is 0.407 e. The summed E-state index contributed by atoms with van der Waals surface area (Å²) in [6.07, 6.45) is 2.29. The second-order valence-electron chi connectivity index (χ2n) is 7.96. The summed E-state index contributed by atoms with van der Waals surface area (Å²) in [5.41, 5.74) is 1.14. The molecule has 30 heavy (non-hydrogen) atoms. The topological polar surface area (TPSA) is 75.7 Å². The quantitative estimate of drug-likeness (QED) is 0.725. The van der Waals surface area contributed by atoms with Crippen molar-refractivity contribution in [2.24, 2.45) is 0 Å². The Bertz CT molecular complexity index is 984. The third-order valence-electron chi connectivity index (χ3n) is 5.94. The number of hydrogen-bond acceptors (Lipinski definition) is 4. The Hall–Kier alpha value is -2.09. The molecule has 0 atom stereocenters. The number of carbonyl (C=O) groups is 1. The normalized spacial score (nSPS) is 19.2. The van der Waals surface area contributed by atoms with Crippen LogP contribution in [0, 0.1) is 0 Å². The van der Waals surface area contributed by atoms with Crippen LogP contribution in [0.4, 0.5) is 4.79 Å². The number of nitrogens with one attached hydrogen (secondary N) is 1. The molecule has 1 N–H and O–H groups in total. The lowest BCUT2D eigenvalue weighted by Crippen LogP contribution is -2.43. The Morgan fingerprint density at radius 2 is 1.70 bits per heavy atom. The van der Waals surface area contributed by atoms with E-state index in [2.05, 4.69) is 5.32 Å². The third kappa shape index (κ3) is 4.63. The van der Waals surface area contributed by atoms with E-state index >= 15 is 0 Å². The fourth-order valence-electron chi connectivity index (χ4n) is 3.89. The second kappa shape index (κ2) is 8.57. The number of rotatable bonds is 6. The van der Waals surface area contributed by atoms with Gasteiger partial charge in [0.2, 0.25) is 10.0 Å². The maximum absolute atomic E-state index is 12.7. The number of alkyl carbamates (subject to hydrolysis) is 1. The summed E-state index contributed by atoms with van der Waals surface area (Å²) in [6, 6.07) is 16.2. The van der Waals surface area contributed by atoms with Crippen molar-refractivity contribution in [3.63, 3.8) is 0 Å². The first-order valence-electron chi connectivity index (χ1n) is 10.1. The molecule has 6 nitrogen and oxygen atoms in total. The predicted molar refractivity (Wildman–Crippen MR) is 115 cm³/mol. The summed E-state index contributed by atoms with van der Waals surface area (Å²) in [5.74, 6) is 0. The molecule has 1 aliphatic heterocycles. The van der Waals surface area contributed by atoms with Gasteiger partial charge in [0.1, 0.15) is 6.10 Å². The van der Waals surface area contributed by atoms with Crippen LogP contribution >= 0.6 is 11.6 Å². The number of piperidine rings is 1. The first-order valence-corrected chi connectivity index (χ1v) is 12.0. The molecule has 1 saturated carbocycles. The number of amides is 1. The lowest BCUT2D eigenvalue weighted by atomic mass is 9.96. The molecule has 160 valence electrons. The van der Waals surface area contributed by atoms with Crippen LogP contribution in [-0.2, 0) is 20.2 Å². The van der Waals surface area contributed by atoms with Gasteiger partial charge in [0.25, 0.3) is 0 Å². The van der Waals surface area contributed by atoms with Gasteiger partial charge in [-0.1, -0.05) is 41.9 Å². The van der Waals surface area contributed by atoms with Gasteiger partial charge in [-0.3, -0.25) is 0 Å². The Kier molecular flexibility index (Phi) is 6.04. The zero-order valence-electron chi connectivity index (χ0n) is 16.6. The molecule has 1 aliphatic carbocycles. The van der Waals surface area contributed by atoms with E-state index in [4.69, 9.17) is 16.3 Å². The van der Waals surface area contributed by atoms with Crippen molar-refractivity contribution < 1.29 is 17.9 Å². The summed E-state index contributed by atoms with van der Waals surface area (Å²) in [5, 5.41) is 3.58. The highest BCUT2D eigenvalue weighted by molar-refractivity contribution is 7.89. The molecule has 1 saturated heterocycles. The summed E-state index contributed by atoms with van der Waals surface area (Å²) in [7, 11) is -3.50. The smallest absolute Gasteiger partial charge is 0.407 e. The zero-order valence-corrected chi connectivity index (χ0v) is 18.2. The maximum atomic E-state index is 12.7. The number of benzene rings is 2.